The van der Waals surface area contributed by atoms with E-state index in [0.717, 1.165) is 0 Å². The van der Waals surface area contributed by atoms with E-state index in [-0.39, 0.29) is 28.7 Å². The number of aromatic nitrogens is 1. The molecule has 2 N–H and O–H groups in total. The van der Waals surface area contributed by atoms with E-state index in [2.05, 4.69) is 15.8 Å². The number of esters is 1. The van der Waals surface area contributed by atoms with Gasteiger partial charge >= 0.3 is 5.97 Å². The van der Waals surface area contributed by atoms with Crippen LogP contribution < -0.4 is 10.6 Å². The number of benzene rings is 1. The highest BCUT2D eigenvalue weighted by Gasteiger charge is 2.31. The van der Waals surface area contributed by atoms with Crippen molar-refractivity contribution < 1.29 is 23.6 Å². The van der Waals surface area contributed by atoms with E-state index in [4.69, 9.17) is 32.5 Å². The van der Waals surface area contributed by atoms with Gasteiger partial charge in [-0.1, -0.05) is 49.1 Å². The Kier molecular flexibility index (Phi) is 8.25. The molecule has 0 unspecified atom stereocenters. The van der Waals surface area contributed by atoms with E-state index >= 15 is 0 Å². The first-order valence-corrected chi connectivity index (χ1v) is 10.1. The second-order valence-corrected chi connectivity index (χ2v) is 7.81. The predicted octanol–water partition coefficient (Wildman–Crippen LogP) is 4.00. The van der Waals surface area contributed by atoms with Gasteiger partial charge < -0.3 is 19.9 Å². The minimum atomic E-state index is -1.06. The van der Waals surface area contributed by atoms with Crippen molar-refractivity contribution in [3.63, 3.8) is 0 Å². The van der Waals surface area contributed by atoms with E-state index in [1.165, 1.54) is 18.2 Å². The van der Waals surface area contributed by atoms with Crippen molar-refractivity contribution >= 4 is 46.8 Å². The van der Waals surface area contributed by atoms with Gasteiger partial charge in [0.15, 0.2) is 11.9 Å². The third kappa shape index (κ3) is 6.21. The van der Waals surface area contributed by atoms with Crippen molar-refractivity contribution in [3.05, 3.63) is 45.6 Å². The molecule has 0 aliphatic carbocycles. The number of hydrogen-bond donors (Lipinski definition) is 2. The molecule has 0 spiro atoms. The van der Waals surface area contributed by atoms with Crippen LogP contribution >= 0.6 is 23.2 Å². The van der Waals surface area contributed by atoms with Gasteiger partial charge in [0.2, 0.25) is 0 Å². The summed E-state index contributed by atoms with van der Waals surface area (Å²) in [6.45, 7) is 6.87. The Morgan fingerprint density at radius 1 is 1.20 bits per heavy atom. The maximum Gasteiger partial charge on any atom is 0.329 e. The van der Waals surface area contributed by atoms with Crippen LogP contribution in [0.3, 0.4) is 0 Å². The highest BCUT2D eigenvalue weighted by atomic mass is 35.5. The van der Waals surface area contributed by atoms with E-state index in [0.29, 0.717) is 10.8 Å². The molecule has 30 heavy (non-hydrogen) atoms. The molecule has 0 aliphatic heterocycles. The highest BCUT2D eigenvalue weighted by Crippen LogP contribution is 2.21. The third-order valence-electron chi connectivity index (χ3n) is 4.18. The number of halogens is 2. The minimum Gasteiger partial charge on any atom is -0.451 e. The van der Waals surface area contributed by atoms with E-state index in [1.54, 1.807) is 33.8 Å². The van der Waals surface area contributed by atoms with Crippen molar-refractivity contribution in [1.29, 1.82) is 0 Å². The second-order valence-electron chi connectivity index (χ2n) is 6.97. The van der Waals surface area contributed by atoms with E-state index in [9.17, 15) is 14.4 Å². The summed E-state index contributed by atoms with van der Waals surface area (Å²) in [6.07, 6.45) is -0.831. The molecule has 10 heteroatoms. The van der Waals surface area contributed by atoms with Gasteiger partial charge in [0.1, 0.15) is 11.8 Å². The standard InChI is InChI=1S/C20H23Cl2N3O5/c1-5-15(19(27)23-16-8-11(4)30-25-16)29-20(28)17(10(2)3)24-18(26)13-7-6-12(21)9-14(13)22/h6-10,15,17H,5H2,1-4H3,(H,24,26)(H,23,25,27)/t15-,17-/m1/s1. The maximum atomic E-state index is 12.7. The molecule has 0 radical (unpaired) electrons. The minimum absolute atomic E-state index is 0.157. The Morgan fingerprint density at radius 2 is 1.90 bits per heavy atom. The molecule has 0 fully saturated rings. The van der Waals surface area contributed by atoms with Crippen molar-refractivity contribution in [3.8, 4) is 0 Å². The van der Waals surface area contributed by atoms with Crippen LogP contribution in [0.4, 0.5) is 5.82 Å². The topological polar surface area (TPSA) is 111 Å². The number of hydrogen-bond acceptors (Lipinski definition) is 6. The van der Waals surface area contributed by atoms with Gasteiger partial charge in [-0.25, -0.2) is 4.79 Å². The molecule has 2 rings (SSSR count). The Hall–Kier alpha value is -2.58. The lowest BCUT2D eigenvalue weighted by Gasteiger charge is -2.24. The van der Waals surface area contributed by atoms with Crippen LogP contribution in [-0.2, 0) is 14.3 Å². The van der Waals surface area contributed by atoms with E-state index in [1.807, 2.05) is 0 Å². The number of aryl methyl sites for hydroxylation is 1. The molecule has 0 saturated carbocycles. The highest BCUT2D eigenvalue weighted by molar-refractivity contribution is 6.36. The average molecular weight is 456 g/mol. The number of rotatable bonds is 8. The Labute approximate surface area is 184 Å². The summed E-state index contributed by atoms with van der Waals surface area (Å²) in [4.78, 5) is 37.7. The summed E-state index contributed by atoms with van der Waals surface area (Å²) in [5.74, 6) is -1.39. The lowest BCUT2D eigenvalue weighted by atomic mass is 10.0. The van der Waals surface area contributed by atoms with Crippen LogP contribution in [0.1, 0.15) is 43.3 Å². The lowest BCUT2D eigenvalue weighted by molar-refractivity contribution is -0.157. The normalized spacial score (nSPS) is 12.9. The monoisotopic (exact) mass is 455 g/mol. The first-order chi connectivity index (χ1) is 14.1. The smallest absolute Gasteiger partial charge is 0.329 e. The van der Waals surface area contributed by atoms with Crippen molar-refractivity contribution in [2.45, 2.75) is 46.3 Å². The molecule has 0 aliphatic rings. The SMILES string of the molecule is CC[C@@H](OC(=O)[C@H](NC(=O)c1ccc(Cl)cc1Cl)C(C)C)C(=O)Nc1cc(C)on1. The number of anilines is 1. The Morgan fingerprint density at radius 3 is 2.43 bits per heavy atom. The predicted molar refractivity (Wildman–Crippen MR) is 113 cm³/mol. The fourth-order valence-corrected chi connectivity index (χ4v) is 3.05. The summed E-state index contributed by atoms with van der Waals surface area (Å²) in [5, 5.41) is 9.36. The van der Waals surface area contributed by atoms with Gasteiger partial charge in [0.25, 0.3) is 11.8 Å². The van der Waals surface area contributed by atoms with E-state index < -0.39 is 29.9 Å². The Bertz CT molecular complexity index is 929. The summed E-state index contributed by atoms with van der Waals surface area (Å²) < 4.78 is 10.3. The molecular formula is C20H23Cl2N3O5. The summed E-state index contributed by atoms with van der Waals surface area (Å²) in [5.41, 5.74) is 0.172. The van der Waals surface area contributed by atoms with Crippen LogP contribution in [0, 0.1) is 12.8 Å². The largest absolute Gasteiger partial charge is 0.451 e. The summed E-state index contributed by atoms with van der Waals surface area (Å²) >= 11 is 11.9. The maximum absolute atomic E-state index is 12.7. The molecule has 2 aromatic rings. The van der Waals surface area contributed by atoms with Gasteiger partial charge in [-0.3, -0.25) is 9.59 Å². The van der Waals surface area contributed by atoms with Crippen molar-refractivity contribution in [1.82, 2.24) is 10.5 Å². The molecule has 0 saturated heterocycles. The van der Waals surface area contributed by atoms with Crippen LogP contribution in [0.15, 0.2) is 28.8 Å². The summed E-state index contributed by atoms with van der Waals surface area (Å²) in [7, 11) is 0. The molecule has 1 aromatic heterocycles. The zero-order valence-electron chi connectivity index (χ0n) is 17.0. The number of amides is 2. The van der Waals surface area contributed by atoms with Crippen LogP contribution in [0.5, 0.6) is 0 Å². The molecule has 1 aromatic carbocycles. The first-order valence-electron chi connectivity index (χ1n) is 9.33. The molecular weight excluding hydrogens is 433 g/mol. The van der Waals surface area contributed by atoms with Gasteiger partial charge in [-0.2, -0.15) is 0 Å². The molecule has 1 heterocycles. The zero-order valence-corrected chi connectivity index (χ0v) is 18.5. The van der Waals surface area contributed by atoms with Gasteiger partial charge in [0.05, 0.1) is 10.6 Å². The van der Waals surface area contributed by atoms with Crippen LogP contribution in [-0.4, -0.2) is 35.1 Å². The molecule has 2 amide bonds. The number of nitrogens with one attached hydrogen (secondary N) is 2. The number of carbonyl (C=O) groups excluding carboxylic acids is 3. The second kappa shape index (κ2) is 10.4. The fraction of sp³-hybridized carbons (Fsp3) is 0.400. The van der Waals surface area contributed by atoms with Crippen molar-refractivity contribution in [2.75, 3.05) is 5.32 Å². The lowest BCUT2D eigenvalue weighted by Crippen LogP contribution is -2.47. The van der Waals surface area contributed by atoms with Crippen molar-refractivity contribution in [2.24, 2.45) is 5.92 Å². The third-order valence-corrected chi connectivity index (χ3v) is 4.73. The Balaban J connectivity index is 2.07. The molecule has 8 nitrogen and oxygen atoms in total. The summed E-state index contributed by atoms with van der Waals surface area (Å²) in [6, 6.07) is 4.97. The van der Waals surface area contributed by atoms with Gasteiger partial charge in [0, 0.05) is 11.1 Å². The first kappa shape index (κ1) is 23.7. The fourth-order valence-electron chi connectivity index (χ4n) is 2.56. The average Bonchev–Trinajstić information content (AvgIpc) is 3.07. The number of nitrogens with zero attached hydrogens (tertiary/aromatic N) is 1. The van der Waals surface area contributed by atoms with Crippen LogP contribution in [0.2, 0.25) is 10.0 Å². The van der Waals surface area contributed by atoms with Gasteiger partial charge in [-0.05, 0) is 37.5 Å². The molecule has 2 atom stereocenters. The van der Waals surface area contributed by atoms with Crippen LogP contribution in [0.25, 0.3) is 0 Å². The van der Waals surface area contributed by atoms with Gasteiger partial charge in [-0.15, -0.1) is 0 Å². The molecule has 162 valence electrons. The number of ether oxygens (including phenoxy) is 1. The quantitative estimate of drug-likeness (QED) is 0.581. The number of carbonyl (C=O) groups is 3. The zero-order chi connectivity index (χ0) is 22.4. The molecule has 0 bridgehead atoms.